The van der Waals surface area contributed by atoms with Crippen molar-refractivity contribution >= 4 is 78.6 Å². The average molecular weight is 500 g/mol. The zero-order chi connectivity index (χ0) is 20.0. The van der Waals surface area contributed by atoms with Gasteiger partial charge in [0.05, 0.1) is 0 Å². The molecule has 4 aromatic carbocycles. The molecular weight excluding hydrogens is 486 g/mol. The van der Waals surface area contributed by atoms with Gasteiger partial charge in [0.1, 0.15) is 0 Å². The van der Waals surface area contributed by atoms with Crippen LogP contribution in [0.3, 0.4) is 0 Å². The maximum absolute atomic E-state index is 9.89. The molecule has 0 heterocycles. The molecule has 8 heteroatoms. The summed E-state index contributed by atoms with van der Waals surface area (Å²) < 4.78 is 1.08. The predicted octanol–water partition coefficient (Wildman–Crippen LogP) is 2.54. The Labute approximate surface area is 179 Å². The molecule has 0 aromatic heterocycles. The molecule has 0 bridgehead atoms. The summed E-state index contributed by atoms with van der Waals surface area (Å²) in [6.45, 7) is 0. The number of halogens is 2. The molecule has 4 rings (SSSR count). The first-order valence-electron chi connectivity index (χ1n) is 8.55. The van der Waals surface area contributed by atoms with Gasteiger partial charge in [-0.25, -0.2) is 0 Å². The molecule has 4 aromatic rings. The molecule has 0 spiro atoms. The minimum absolute atomic E-state index is 0.333. The van der Waals surface area contributed by atoms with E-state index in [0.29, 0.717) is 19.9 Å². The summed E-state index contributed by atoms with van der Waals surface area (Å²) in [7, 11) is -3.32. The molecule has 138 valence electrons. The summed E-state index contributed by atoms with van der Waals surface area (Å²) in [5, 5.41) is 43.1. The number of hydrogen-bond donors (Lipinski definition) is 4. The van der Waals surface area contributed by atoms with E-state index in [2.05, 4.69) is 31.9 Å². The van der Waals surface area contributed by atoms with Crippen molar-refractivity contribution < 1.29 is 20.1 Å². The van der Waals surface area contributed by atoms with E-state index in [1.54, 1.807) is 12.1 Å². The Morgan fingerprint density at radius 1 is 0.571 bits per heavy atom. The van der Waals surface area contributed by atoms with E-state index in [1.807, 2.05) is 48.5 Å². The molecular formula is C20H14B2Br2O4. The van der Waals surface area contributed by atoms with E-state index in [9.17, 15) is 20.1 Å². The molecule has 0 saturated carbocycles. The maximum Gasteiger partial charge on any atom is 0.489 e. The first-order chi connectivity index (χ1) is 13.4. The molecule has 4 nitrogen and oxygen atoms in total. The Morgan fingerprint density at radius 3 is 1.29 bits per heavy atom. The Bertz CT molecular complexity index is 1120. The summed E-state index contributed by atoms with van der Waals surface area (Å²) in [5.74, 6) is 0. The molecule has 28 heavy (non-hydrogen) atoms. The molecule has 0 atom stereocenters. The lowest BCUT2D eigenvalue weighted by molar-refractivity contribution is 0.424. The van der Waals surface area contributed by atoms with E-state index in [1.165, 1.54) is 0 Å². The molecule has 0 radical (unpaired) electrons. The van der Waals surface area contributed by atoms with Gasteiger partial charge in [-0.3, -0.25) is 0 Å². The number of fused-ring (bicyclic) bond motifs is 2. The van der Waals surface area contributed by atoms with Crippen molar-refractivity contribution in [2.75, 3.05) is 0 Å². The second-order valence-corrected chi connectivity index (χ2v) is 8.09. The zero-order valence-corrected chi connectivity index (χ0v) is 17.6. The Balaban J connectivity index is 2.24. The molecule has 0 saturated heterocycles. The SMILES string of the molecule is OB(O)c1cc2ccccc2c(-c2c(Br)c(B(O)O)cc3ccccc23)c1Br. The van der Waals surface area contributed by atoms with E-state index in [-0.39, 0.29) is 0 Å². The lowest BCUT2D eigenvalue weighted by Crippen LogP contribution is -2.32. The molecule has 0 aliphatic carbocycles. The molecule has 0 unspecified atom stereocenters. The number of rotatable bonds is 3. The summed E-state index contributed by atoms with van der Waals surface area (Å²) in [6.07, 6.45) is 0. The van der Waals surface area contributed by atoms with E-state index in [4.69, 9.17) is 0 Å². The van der Waals surface area contributed by atoms with Crippen LogP contribution in [0.1, 0.15) is 0 Å². The summed E-state index contributed by atoms with van der Waals surface area (Å²) in [4.78, 5) is 0. The fourth-order valence-electron chi connectivity index (χ4n) is 3.55. The van der Waals surface area contributed by atoms with Crippen LogP contribution in [0.2, 0.25) is 0 Å². The third-order valence-corrected chi connectivity index (χ3v) is 6.54. The normalized spacial score (nSPS) is 11.2. The Kier molecular flexibility index (Phi) is 5.35. The van der Waals surface area contributed by atoms with Crippen molar-refractivity contribution in [3.8, 4) is 11.1 Å². The zero-order valence-electron chi connectivity index (χ0n) is 14.5. The highest BCUT2D eigenvalue weighted by Gasteiger charge is 2.26. The highest BCUT2D eigenvalue weighted by molar-refractivity contribution is 9.11. The van der Waals surface area contributed by atoms with Gasteiger partial charge >= 0.3 is 14.2 Å². The van der Waals surface area contributed by atoms with Crippen LogP contribution >= 0.6 is 31.9 Å². The first-order valence-corrected chi connectivity index (χ1v) is 10.1. The highest BCUT2D eigenvalue weighted by Crippen LogP contribution is 2.42. The fourth-order valence-corrected chi connectivity index (χ4v) is 5.01. The van der Waals surface area contributed by atoms with E-state index in [0.717, 1.165) is 32.7 Å². The van der Waals surface area contributed by atoms with Gasteiger partial charge in [0.2, 0.25) is 0 Å². The third kappa shape index (κ3) is 3.20. The topological polar surface area (TPSA) is 80.9 Å². The van der Waals surface area contributed by atoms with Crippen molar-refractivity contribution in [2.45, 2.75) is 0 Å². The average Bonchev–Trinajstić information content (AvgIpc) is 2.67. The predicted molar refractivity (Wildman–Crippen MR) is 122 cm³/mol. The standard InChI is InChI=1S/C20H14B2Br2O4/c23-19-15(21(25)26)9-11-5-1-3-7-13(11)17(19)18-14-8-4-2-6-12(14)10-16(20(18)24)22(27)28/h1-10,25-28H. The van der Waals surface area contributed by atoms with Crippen LogP contribution in [0.15, 0.2) is 69.6 Å². The second kappa shape index (κ2) is 7.63. The van der Waals surface area contributed by atoms with Crippen LogP contribution in [0, 0.1) is 0 Å². The van der Waals surface area contributed by atoms with Crippen molar-refractivity contribution in [3.63, 3.8) is 0 Å². The monoisotopic (exact) mass is 498 g/mol. The molecule has 0 fully saturated rings. The number of hydrogen-bond acceptors (Lipinski definition) is 4. The summed E-state index contributed by atoms with van der Waals surface area (Å²) in [6, 6.07) is 18.8. The van der Waals surface area contributed by atoms with Crippen molar-refractivity contribution in [3.05, 3.63) is 69.6 Å². The highest BCUT2D eigenvalue weighted by atomic mass is 79.9. The van der Waals surface area contributed by atoms with Gasteiger partial charge in [-0.2, -0.15) is 0 Å². The molecule has 0 amide bonds. The van der Waals surface area contributed by atoms with Crippen LogP contribution in [0.4, 0.5) is 0 Å². The third-order valence-electron chi connectivity index (χ3n) is 4.83. The summed E-state index contributed by atoms with van der Waals surface area (Å²) in [5.41, 5.74) is 2.15. The van der Waals surface area contributed by atoms with Gasteiger partial charge in [-0.15, -0.1) is 0 Å². The van der Waals surface area contributed by atoms with Gasteiger partial charge in [0.25, 0.3) is 0 Å². The van der Waals surface area contributed by atoms with E-state index >= 15 is 0 Å². The first kappa shape index (κ1) is 19.6. The van der Waals surface area contributed by atoms with Crippen LogP contribution in [-0.2, 0) is 0 Å². The van der Waals surface area contributed by atoms with Crippen LogP contribution in [0.5, 0.6) is 0 Å². The second-order valence-electron chi connectivity index (χ2n) is 6.50. The van der Waals surface area contributed by atoms with Crippen LogP contribution in [0.25, 0.3) is 32.7 Å². The largest absolute Gasteiger partial charge is 0.489 e. The van der Waals surface area contributed by atoms with Gasteiger partial charge in [0, 0.05) is 20.1 Å². The lowest BCUT2D eigenvalue weighted by atomic mass is 9.74. The maximum atomic E-state index is 9.89. The molecule has 0 aliphatic rings. The minimum atomic E-state index is -1.66. The van der Waals surface area contributed by atoms with Crippen molar-refractivity contribution in [1.29, 1.82) is 0 Å². The molecule has 4 N–H and O–H groups in total. The van der Waals surface area contributed by atoms with Gasteiger partial charge in [-0.05, 0) is 32.5 Å². The smallest absolute Gasteiger partial charge is 0.423 e. The van der Waals surface area contributed by atoms with Gasteiger partial charge in [-0.1, -0.05) is 92.5 Å². The lowest BCUT2D eigenvalue weighted by Gasteiger charge is -2.19. The van der Waals surface area contributed by atoms with Crippen LogP contribution in [-0.4, -0.2) is 34.3 Å². The summed E-state index contributed by atoms with van der Waals surface area (Å²) >= 11 is 7.11. The quantitative estimate of drug-likeness (QED) is 0.327. The van der Waals surface area contributed by atoms with Crippen LogP contribution < -0.4 is 10.9 Å². The van der Waals surface area contributed by atoms with Crippen molar-refractivity contribution in [1.82, 2.24) is 0 Å². The van der Waals surface area contributed by atoms with Gasteiger partial charge in [0.15, 0.2) is 0 Å². The fraction of sp³-hybridized carbons (Fsp3) is 0. The number of benzene rings is 4. The van der Waals surface area contributed by atoms with E-state index < -0.39 is 14.2 Å². The minimum Gasteiger partial charge on any atom is -0.423 e. The Hall–Kier alpha value is -1.67. The molecule has 0 aliphatic heterocycles. The van der Waals surface area contributed by atoms with Crippen molar-refractivity contribution in [2.24, 2.45) is 0 Å². The Morgan fingerprint density at radius 2 is 0.929 bits per heavy atom. The van der Waals surface area contributed by atoms with Gasteiger partial charge < -0.3 is 20.1 Å².